The quantitative estimate of drug-likeness (QED) is 0.179. The maximum atomic E-state index is 6.95. The lowest BCUT2D eigenvalue weighted by molar-refractivity contribution is 0.559. The average molecular weight is 770 g/mol. The minimum atomic E-state index is -0.257. The fourth-order valence-corrected chi connectivity index (χ4v) is 10.4. The molecule has 0 saturated heterocycles. The summed E-state index contributed by atoms with van der Waals surface area (Å²) in [6.07, 6.45) is 0. The highest BCUT2D eigenvalue weighted by Crippen LogP contribution is 2.57. The van der Waals surface area contributed by atoms with Crippen molar-refractivity contribution in [2.75, 3.05) is 4.90 Å². The molecule has 0 atom stereocenters. The molecule has 59 heavy (non-hydrogen) atoms. The summed E-state index contributed by atoms with van der Waals surface area (Å²) in [4.78, 5) is 2.48. The first kappa shape index (κ1) is 36.1. The molecule has 2 aliphatic rings. The van der Waals surface area contributed by atoms with Gasteiger partial charge in [-0.3, -0.25) is 0 Å². The molecule has 0 radical (unpaired) electrons. The number of nitrogens with zero attached hydrogens (tertiary/aromatic N) is 1. The van der Waals surface area contributed by atoms with Crippen molar-refractivity contribution in [1.29, 1.82) is 0 Å². The first-order valence-electron chi connectivity index (χ1n) is 21.2. The number of furan rings is 2. The van der Waals surface area contributed by atoms with Gasteiger partial charge in [-0.1, -0.05) is 136 Å². The van der Waals surface area contributed by atoms with E-state index >= 15 is 0 Å². The van der Waals surface area contributed by atoms with Crippen molar-refractivity contribution in [2.24, 2.45) is 0 Å². The van der Waals surface area contributed by atoms with Crippen LogP contribution in [0.25, 0.3) is 66.1 Å². The van der Waals surface area contributed by atoms with E-state index < -0.39 is 0 Å². The van der Waals surface area contributed by atoms with Crippen LogP contribution in [0.1, 0.15) is 103 Å². The third kappa shape index (κ3) is 5.06. The predicted octanol–water partition coefficient (Wildman–Crippen LogP) is 16.2. The molecule has 0 unspecified atom stereocenters. The van der Waals surface area contributed by atoms with E-state index in [1.54, 1.807) is 0 Å². The summed E-state index contributed by atoms with van der Waals surface area (Å²) in [6.45, 7) is 23.3. The zero-order valence-electron chi connectivity index (χ0n) is 35.9. The maximum Gasteiger partial charge on any atom is 0.139 e. The van der Waals surface area contributed by atoms with Gasteiger partial charge in [0.25, 0.3) is 0 Å². The first-order chi connectivity index (χ1) is 28.0. The van der Waals surface area contributed by atoms with E-state index in [9.17, 15) is 0 Å². The van der Waals surface area contributed by atoms with Gasteiger partial charge >= 0.3 is 0 Å². The minimum absolute atomic E-state index is 0.0104. The highest BCUT2D eigenvalue weighted by atomic mass is 16.3. The number of benzene rings is 7. The van der Waals surface area contributed by atoms with Crippen LogP contribution in [0, 0.1) is 0 Å². The van der Waals surface area contributed by atoms with Gasteiger partial charge in [-0.15, -0.1) is 0 Å². The van der Waals surface area contributed by atoms with Crippen LogP contribution in [0.4, 0.5) is 17.1 Å². The Balaban J connectivity index is 1.19. The summed E-state index contributed by atoms with van der Waals surface area (Å²) < 4.78 is 13.5. The van der Waals surface area contributed by atoms with Crippen LogP contribution in [0.5, 0.6) is 0 Å². The van der Waals surface area contributed by atoms with Crippen molar-refractivity contribution in [3.05, 3.63) is 161 Å². The Morgan fingerprint density at radius 3 is 1.88 bits per heavy atom. The molecule has 2 aliphatic carbocycles. The van der Waals surface area contributed by atoms with Gasteiger partial charge in [0.2, 0.25) is 0 Å². The lowest BCUT2D eigenvalue weighted by Crippen LogP contribution is -2.17. The summed E-state index contributed by atoms with van der Waals surface area (Å²) in [5.74, 6) is 0. The lowest BCUT2D eigenvalue weighted by Gasteiger charge is -2.30. The maximum absolute atomic E-state index is 6.95. The molecule has 11 rings (SSSR count). The van der Waals surface area contributed by atoms with Crippen molar-refractivity contribution in [2.45, 2.75) is 90.9 Å². The molecule has 292 valence electrons. The topological polar surface area (TPSA) is 29.5 Å². The average Bonchev–Trinajstić information content (AvgIpc) is 3.88. The lowest BCUT2D eigenvalue weighted by atomic mass is 9.79. The second-order valence-corrected chi connectivity index (χ2v) is 20.2. The third-order valence-corrected chi connectivity index (χ3v) is 13.7. The van der Waals surface area contributed by atoms with Gasteiger partial charge in [0.05, 0.1) is 5.69 Å². The van der Waals surface area contributed by atoms with Crippen LogP contribution in [-0.2, 0) is 21.7 Å². The Hall–Kier alpha value is -6.06. The molecule has 0 spiro atoms. The Morgan fingerprint density at radius 2 is 1.08 bits per heavy atom. The third-order valence-electron chi connectivity index (χ3n) is 13.7. The summed E-state index contributed by atoms with van der Waals surface area (Å²) in [5.41, 5.74) is 19.6. The molecule has 0 N–H and O–H groups in total. The van der Waals surface area contributed by atoms with E-state index in [4.69, 9.17) is 8.83 Å². The number of hydrogen-bond acceptors (Lipinski definition) is 3. The second-order valence-electron chi connectivity index (χ2n) is 20.2. The Labute approximate surface area is 347 Å². The summed E-state index contributed by atoms with van der Waals surface area (Å²) in [7, 11) is 0. The van der Waals surface area contributed by atoms with Crippen molar-refractivity contribution < 1.29 is 8.83 Å². The van der Waals surface area contributed by atoms with E-state index in [0.717, 1.165) is 50.2 Å². The van der Waals surface area contributed by atoms with E-state index in [2.05, 4.69) is 195 Å². The SMILES string of the molecule is CC(C)(C)c1cc(C(C)(C)C)c2oc3cc4c(cc3c2c1)-c1c(N(c2ccc3c(c2)C(C)(C)c2ccccc2-3)c2ccc3c(c2)oc2ccccc23)cccc1C4(C)C. The largest absolute Gasteiger partial charge is 0.456 e. The Kier molecular flexibility index (Phi) is 7.20. The highest BCUT2D eigenvalue weighted by molar-refractivity contribution is 6.11. The molecule has 9 aromatic rings. The first-order valence-corrected chi connectivity index (χ1v) is 21.2. The Bertz CT molecular complexity index is 3240. The second kappa shape index (κ2) is 11.8. The van der Waals surface area contributed by atoms with Gasteiger partial charge in [-0.2, -0.15) is 0 Å². The van der Waals surface area contributed by atoms with Gasteiger partial charge in [0, 0.05) is 60.9 Å². The van der Waals surface area contributed by atoms with Gasteiger partial charge in [-0.05, 0) is 110 Å². The molecular weight excluding hydrogens is 719 g/mol. The van der Waals surface area contributed by atoms with Gasteiger partial charge in [-0.25, -0.2) is 0 Å². The molecule has 7 aromatic carbocycles. The number of hydrogen-bond donors (Lipinski definition) is 0. The smallest absolute Gasteiger partial charge is 0.139 e. The van der Waals surface area contributed by atoms with Crippen molar-refractivity contribution >= 4 is 60.9 Å². The zero-order chi connectivity index (χ0) is 41.0. The van der Waals surface area contributed by atoms with Crippen LogP contribution in [0.2, 0.25) is 0 Å². The number of rotatable bonds is 3. The fraction of sp³-hybridized carbons (Fsp3) is 0.250. The molecule has 2 heterocycles. The molecule has 0 aliphatic heterocycles. The molecule has 3 heteroatoms. The molecule has 3 nitrogen and oxygen atoms in total. The normalized spacial score (nSPS) is 15.2. The molecular formula is C56H51NO2. The van der Waals surface area contributed by atoms with Crippen LogP contribution in [0.3, 0.4) is 0 Å². The van der Waals surface area contributed by atoms with Crippen LogP contribution < -0.4 is 4.90 Å². The molecule has 0 fully saturated rings. The number of fused-ring (bicyclic) bond motifs is 12. The summed E-state index contributed by atoms with van der Waals surface area (Å²) in [5, 5.41) is 4.62. The van der Waals surface area contributed by atoms with E-state index in [1.807, 2.05) is 6.07 Å². The zero-order valence-corrected chi connectivity index (χ0v) is 35.9. The van der Waals surface area contributed by atoms with Crippen molar-refractivity contribution in [3.8, 4) is 22.3 Å². The van der Waals surface area contributed by atoms with Crippen LogP contribution >= 0.6 is 0 Å². The minimum Gasteiger partial charge on any atom is -0.456 e. The number of para-hydroxylation sites is 1. The fourth-order valence-electron chi connectivity index (χ4n) is 10.4. The van der Waals surface area contributed by atoms with Crippen molar-refractivity contribution in [3.63, 3.8) is 0 Å². The molecule has 0 bridgehead atoms. The summed E-state index contributed by atoms with van der Waals surface area (Å²) in [6, 6.07) is 47.5. The summed E-state index contributed by atoms with van der Waals surface area (Å²) >= 11 is 0. The van der Waals surface area contributed by atoms with Crippen LogP contribution in [0.15, 0.2) is 136 Å². The van der Waals surface area contributed by atoms with Crippen molar-refractivity contribution in [1.82, 2.24) is 0 Å². The highest BCUT2D eigenvalue weighted by Gasteiger charge is 2.40. The molecule has 0 amide bonds. The Morgan fingerprint density at radius 1 is 0.441 bits per heavy atom. The number of anilines is 3. The standard InChI is InChI=1S/C56H51NO2/c1-53(2,3)32-26-40-39-30-41-45(31-50(39)59-52(40)46(27-32)54(4,5)6)56(9,10)43-19-15-20-47(51(41)43)57(34-23-25-38-37-17-12-14-21-48(37)58-49(38)29-34)33-22-24-36-35-16-11-13-18-42(35)55(7,8)44(36)28-33/h11-31H,1-10H3. The molecule has 0 saturated carbocycles. The van der Waals surface area contributed by atoms with E-state index in [1.165, 1.54) is 66.4 Å². The van der Waals surface area contributed by atoms with E-state index in [0.29, 0.717) is 0 Å². The predicted molar refractivity (Wildman–Crippen MR) is 248 cm³/mol. The van der Waals surface area contributed by atoms with Crippen LogP contribution in [-0.4, -0.2) is 0 Å². The van der Waals surface area contributed by atoms with Gasteiger partial charge in [0.15, 0.2) is 0 Å². The monoisotopic (exact) mass is 769 g/mol. The molecule has 2 aromatic heterocycles. The van der Waals surface area contributed by atoms with E-state index in [-0.39, 0.29) is 21.7 Å². The van der Waals surface area contributed by atoms with Gasteiger partial charge in [0.1, 0.15) is 22.3 Å². The van der Waals surface area contributed by atoms with Gasteiger partial charge < -0.3 is 13.7 Å².